The minimum Gasteiger partial charge on any atom is -0.508 e. The highest BCUT2D eigenvalue weighted by Gasteiger charge is 2.17. The number of H-pyrrole nitrogens is 1. The number of phenolic OH excluding ortho intramolecular Hbond substituents is 2. The topological polar surface area (TPSA) is 93.6 Å². The fourth-order valence-electron chi connectivity index (χ4n) is 2.39. The Kier molecular flexibility index (Phi) is 3.50. The van der Waals surface area contributed by atoms with Gasteiger partial charge in [0.1, 0.15) is 11.5 Å². The van der Waals surface area contributed by atoms with Gasteiger partial charge >= 0.3 is 0 Å². The summed E-state index contributed by atoms with van der Waals surface area (Å²) in [6, 6.07) is 11.8. The standard InChI is InChI=1S/C17H14N2O4/c1-19(10-2-4-11(20)5-3-10)17(23)14-9-16(22)18-15-7-6-12(21)8-13(14)15/h2-9,20-21H,1H3,(H,18,22). The summed E-state index contributed by atoms with van der Waals surface area (Å²) >= 11 is 0. The minimum absolute atomic E-state index is 0.00545. The van der Waals surface area contributed by atoms with Gasteiger partial charge in [-0.3, -0.25) is 9.59 Å². The van der Waals surface area contributed by atoms with E-state index in [0.29, 0.717) is 16.6 Å². The quantitative estimate of drug-likeness (QED) is 0.676. The zero-order valence-corrected chi connectivity index (χ0v) is 12.3. The third kappa shape index (κ3) is 2.74. The Hall–Kier alpha value is -3.28. The molecule has 0 aliphatic carbocycles. The summed E-state index contributed by atoms with van der Waals surface area (Å²) in [4.78, 5) is 28.5. The molecule has 0 unspecified atom stereocenters. The number of phenols is 2. The van der Waals surface area contributed by atoms with Gasteiger partial charge in [-0.25, -0.2) is 0 Å². The number of fused-ring (bicyclic) bond motifs is 1. The van der Waals surface area contributed by atoms with Gasteiger partial charge in [0, 0.05) is 29.7 Å². The number of anilines is 1. The first-order chi connectivity index (χ1) is 11.0. The van der Waals surface area contributed by atoms with E-state index in [0.717, 1.165) is 0 Å². The first-order valence-corrected chi connectivity index (χ1v) is 6.89. The zero-order valence-electron chi connectivity index (χ0n) is 12.3. The smallest absolute Gasteiger partial charge is 0.258 e. The van der Waals surface area contributed by atoms with Crippen LogP contribution >= 0.6 is 0 Å². The van der Waals surface area contributed by atoms with Crippen molar-refractivity contribution in [2.75, 3.05) is 11.9 Å². The maximum absolute atomic E-state index is 12.7. The SMILES string of the molecule is CN(C(=O)c1cc(=O)[nH]c2ccc(O)cc12)c1ccc(O)cc1. The van der Waals surface area contributed by atoms with Gasteiger partial charge in [-0.15, -0.1) is 0 Å². The largest absolute Gasteiger partial charge is 0.508 e. The maximum atomic E-state index is 12.7. The van der Waals surface area contributed by atoms with E-state index < -0.39 is 11.5 Å². The molecular formula is C17H14N2O4. The summed E-state index contributed by atoms with van der Waals surface area (Å²) in [5.74, 6) is -0.288. The van der Waals surface area contributed by atoms with Crippen molar-refractivity contribution < 1.29 is 15.0 Å². The van der Waals surface area contributed by atoms with Crippen LogP contribution in [0.5, 0.6) is 11.5 Å². The van der Waals surface area contributed by atoms with Crippen molar-refractivity contribution in [1.82, 2.24) is 4.98 Å². The highest BCUT2D eigenvalue weighted by atomic mass is 16.3. The molecule has 2 aromatic carbocycles. The Morgan fingerprint density at radius 3 is 2.35 bits per heavy atom. The number of pyridine rings is 1. The van der Waals surface area contributed by atoms with Crippen molar-refractivity contribution >= 4 is 22.5 Å². The first-order valence-electron chi connectivity index (χ1n) is 6.89. The van der Waals surface area contributed by atoms with Gasteiger partial charge in [0.05, 0.1) is 5.56 Å². The predicted octanol–water partition coefficient (Wildman–Crippen LogP) is 2.22. The molecule has 3 aromatic rings. The molecule has 0 bridgehead atoms. The van der Waals surface area contributed by atoms with Crippen molar-refractivity contribution in [2.45, 2.75) is 0 Å². The van der Waals surface area contributed by atoms with Gasteiger partial charge in [-0.2, -0.15) is 0 Å². The van der Waals surface area contributed by atoms with Crippen LogP contribution in [-0.4, -0.2) is 28.2 Å². The number of amides is 1. The second-order valence-electron chi connectivity index (χ2n) is 5.16. The third-order valence-corrected chi connectivity index (χ3v) is 3.60. The molecule has 3 rings (SSSR count). The summed E-state index contributed by atoms with van der Waals surface area (Å²) < 4.78 is 0. The van der Waals surface area contributed by atoms with Crippen LogP contribution in [0.2, 0.25) is 0 Å². The lowest BCUT2D eigenvalue weighted by molar-refractivity contribution is 0.0994. The van der Waals surface area contributed by atoms with Gasteiger partial charge < -0.3 is 20.1 Å². The van der Waals surface area contributed by atoms with E-state index in [2.05, 4.69) is 4.98 Å². The molecule has 0 aliphatic rings. The molecule has 23 heavy (non-hydrogen) atoms. The number of nitrogens with zero attached hydrogens (tertiary/aromatic N) is 1. The molecule has 0 fully saturated rings. The van der Waals surface area contributed by atoms with E-state index in [9.17, 15) is 19.8 Å². The summed E-state index contributed by atoms with van der Waals surface area (Å²) in [5.41, 5.74) is 0.833. The van der Waals surface area contributed by atoms with E-state index in [1.165, 1.54) is 35.2 Å². The van der Waals surface area contributed by atoms with Crippen LogP contribution in [0.15, 0.2) is 53.3 Å². The second-order valence-corrected chi connectivity index (χ2v) is 5.16. The number of hydrogen-bond donors (Lipinski definition) is 3. The van der Waals surface area contributed by atoms with Crippen molar-refractivity contribution in [3.63, 3.8) is 0 Å². The summed E-state index contributed by atoms with van der Waals surface area (Å²) in [6.07, 6.45) is 0. The lowest BCUT2D eigenvalue weighted by Gasteiger charge is -2.18. The van der Waals surface area contributed by atoms with Crippen LogP contribution in [0.25, 0.3) is 10.9 Å². The molecule has 1 aromatic heterocycles. The molecule has 0 radical (unpaired) electrons. The molecule has 3 N–H and O–H groups in total. The fraction of sp³-hybridized carbons (Fsp3) is 0.0588. The van der Waals surface area contributed by atoms with Crippen LogP contribution in [0, 0.1) is 0 Å². The second kappa shape index (κ2) is 5.49. The van der Waals surface area contributed by atoms with Crippen LogP contribution in [0.1, 0.15) is 10.4 Å². The minimum atomic E-state index is -0.398. The predicted molar refractivity (Wildman–Crippen MR) is 87.1 cm³/mol. The first kappa shape index (κ1) is 14.6. The van der Waals surface area contributed by atoms with Crippen LogP contribution in [-0.2, 0) is 0 Å². The number of aromatic hydroxyl groups is 2. The molecule has 1 amide bonds. The highest BCUT2D eigenvalue weighted by molar-refractivity contribution is 6.13. The Bertz CT molecular complexity index is 945. The molecule has 0 atom stereocenters. The molecular weight excluding hydrogens is 296 g/mol. The van der Waals surface area contributed by atoms with Crippen molar-refractivity contribution in [3.05, 3.63) is 64.4 Å². The van der Waals surface area contributed by atoms with Crippen LogP contribution in [0.4, 0.5) is 5.69 Å². The van der Waals surface area contributed by atoms with Crippen LogP contribution < -0.4 is 10.5 Å². The lowest BCUT2D eigenvalue weighted by atomic mass is 10.1. The van der Waals surface area contributed by atoms with E-state index in [1.807, 2.05) is 0 Å². The van der Waals surface area contributed by atoms with Gasteiger partial charge in [-0.1, -0.05) is 0 Å². The molecule has 0 saturated heterocycles. The van der Waals surface area contributed by atoms with E-state index >= 15 is 0 Å². The van der Waals surface area contributed by atoms with Gasteiger partial charge in [0.25, 0.3) is 5.91 Å². The number of carbonyl (C=O) groups is 1. The van der Waals surface area contributed by atoms with E-state index in [4.69, 9.17) is 0 Å². The van der Waals surface area contributed by atoms with E-state index in [1.54, 1.807) is 25.2 Å². The van der Waals surface area contributed by atoms with Gasteiger partial charge in [0.15, 0.2) is 0 Å². The number of aromatic amines is 1. The highest BCUT2D eigenvalue weighted by Crippen LogP contribution is 2.24. The number of benzene rings is 2. The average Bonchev–Trinajstić information content (AvgIpc) is 2.54. The summed E-state index contributed by atoms with van der Waals surface area (Å²) in [5, 5.41) is 19.4. The molecule has 0 saturated carbocycles. The lowest BCUT2D eigenvalue weighted by Crippen LogP contribution is -2.27. The van der Waals surface area contributed by atoms with Crippen molar-refractivity contribution in [2.24, 2.45) is 0 Å². The fourth-order valence-corrected chi connectivity index (χ4v) is 2.39. The number of carbonyl (C=O) groups excluding carboxylic acids is 1. The molecule has 0 spiro atoms. The van der Waals surface area contributed by atoms with E-state index in [-0.39, 0.29) is 17.1 Å². The summed E-state index contributed by atoms with van der Waals surface area (Å²) in [7, 11) is 1.57. The van der Waals surface area contributed by atoms with Crippen LogP contribution in [0.3, 0.4) is 0 Å². The number of nitrogens with one attached hydrogen (secondary N) is 1. The number of hydrogen-bond acceptors (Lipinski definition) is 4. The van der Waals surface area contributed by atoms with Crippen molar-refractivity contribution in [3.8, 4) is 11.5 Å². The molecule has 1 heterocycles. The van der Waals surface area contributed by atoms with Gasteiger partial charge in [-0.05, 0) is 42.5 Å². The molecule has 6 heteroatoms. The molecule has 116 valence electrons. The Balaban J connectivity index is 2.11. The Morgan fingerprint density at radius 2 is 1.65 bits per heavy atom. The molecule has 6 nitrogen and oxygen atoms in total. The number of rotatable bonds is 2. The summed E-state index contributed by atoms with van der Waals surface area (Å²) in [6.45, 7) is 0. The Morgan fingerprint density at radius 1 is 1.00 bits per heavy atom. The maximum Gasteiger partial charge on any atom is 0.258 e. The van der Waals surface area contributed by atoms with Gasteiger partial charge in [0.2, 0.25) is 5.56 Å². The molecule has 0 aliphatic heterocycles. The average molecular weight is 310 g/mol. The normalized spacial score (nSPS) is 10.7. The van der Waals surface area contributed by atoms with Crippen molar-refractivity contribution in [1.29, 1.82) is 0 Å². The zero-order chi connectivity index (χ0) is 16.6. The third-order valence-electron chi connectivity index (χ3n) is 3.60. The number of aromatic nitrogens is 1. The monoisotopic (exact) mass is 310 g/mol. The Labute approximate surface area is 131 Å².